The van der Waals surface area contributed by atoms with E-state index < -0.39 is 0 Å². The first-order valence-electron chi connectivity index (χ1n) is 8.69. The number of carbonyl (C=O) groups excluding carboxylic acids is 1. The van der Waals surface area contributed by atoms with Crippen LogP contribution in [-0.4, -0.2) is 25.7 Å². The lowest BCUT2D eigenvalue weighted by molar-refractivity contribution is -0.119. The zero-order valence-electron chi connectivity index (χ0n) is 14.5. The number of nitrogens with one attached hydrogen (secondary N) is 2. The molecule has 2 aromatic heterocycles. The Bertz CT molecular complexity index is 904. The van der Waals surface area contributed by atoms with Gasteiger partial charge in [0.1, 0.15) is 17.7 Å². The smallest absolute Gasteiger partial charge is 0.248 e. The van der Waals surface area contributed by atoms with E-state index in [1.165, 1.54) is 12.8 Å². The Morgan fingerprint density at radius 2 is 2.04 bits per heavy atom. The van der Waals surface area contributed by atoms with Crippen LogP contribution in [0.3, 0.4) is 0 Å². The molecular weight excluding hydrogens is 328 g/mol. The minimum absolute atomic E-state index is 0.121. The number of hydrogen-bond acceptors (Lipinski definition) is 5. The van der Waals surface area contributed by atoms with E-state index >= 15 is 0 Å². The largest absolute Gasteiger partial charge is 0.340 e. The fraction of sp³-hybridized carbons (Fsp3) is 0.263. The van der Waals surface area contributed by atoms with Gasteiger partial charge in [0.05, 0.1) is 0 Å². The number of nitrogens with zero attached hydrogens (tertiary/aromatic N) is 4. The predicted octanol–water partition coefficient (Wildman–Crippen LogP) is 3.49. The summed E-state index contributed by atoms with van der Waals surface area (Å²) in [5.74, 6) is 2.04. The topological polar surface area (TPSA) is 84.7 Å². The van der Waals surface area contributed by atoms with Crippen molar-refractivity contribution in [1.82, 2.24) is 19.7 Å². The zero-order chi connectivity index (χ0) is 17.9. The quantitative estimate of drug-likeness (QED) is 0.712. The fourth-order valence-electron chi connectivity index (χ4n) is 2.68. The molecule has 1 atom stereocenters. The van der Waals surface area contributed by atoms with E-state index in [-0.39, 0.29) is 11.9 Å². The highest BCUT2D eigenvalue weighted by molar-refractivity contribution is 5.93. The number of hydrogen-bond donors (Lipinski definition) is 2. The third-order valence-electron chi connectivity index (χ3n) is 4.32. The SMILES string of the molecule is CC(C(=O)Nc1cccc(Nc2ccnc(C3CC3)n2)c1)n1cccn1. The van der Waals surface area contributed by atoms with Gasteiger partial charge in [-0.2, -0.15) is 5.10 Å². The summed E-state index contributed by atoms with van der Waals surface area (Å²) in [5.41, 5.74) is 1.57. The Labute approximate surface area is 151 Å². The van der Waals surface area contributed by atoms with Crippen molar-refractivity contribution < 1.29 is 4.79 Å². The molecule has 0 bridgehead atoms. The molecule has 1 aromatic carbocycles. The third kappa shape index (κ3) is 3.72. The molecule has 0 saturated heterocycles. The van der Waals surface area contributed by atoms with Crippen LogP contribution in [0.4, 0.5) is 17.2 Å². The molecule has 4 rings (SSSR count). The van der Waals surface area contributed by atoms with E-state index in [1.54, 1.807) is 29.3 Å². The highest BCUT2D eigenvalue weighted by Crippen LogP contribution is 2.38. The Kier molecular flexibility index (Phi) is 4.35. The van der Waals surface area contributed by atoms with Crippen molar-refractivity contribution in [2.75, 3.05) is 10.6 Å². The summed E-state index contributed by atoms with van der Waals surface area (Å²) in [6.45, 7) is 1.81. The van der Waals surface area contributed by atoms with Crippen LogP contribution in [0, 0.1) is 0 Å². The van der Waals surface area contributed by atoms with Crippen LogP contribution < -0.4 is 10.6 Å². The van der Waals surface area contributed by atoms with E-state index in [0.717, 1.165) is 23.0 Å². The maximum atomic E-state index is 12.4. The number of anilines is 3. The van der Waals surface area contributed by atoms with Crippen molar-refractivity contribution in [3.05, 3.63) is 60.8 Å². The van der Waals surface area contributed by atoms with Gasteiger partial charge in [-0.25, -0.2) is 9.97 Å². The van der Waals surface area contributed by atoms with Crippen molar-refractivity contribution in [2.45, 2.75) is 31.7 Å². The lowest BCUT2D eigenvalue weighted by Gasteiger charge is -2.14. The minimum atomic E-state index is -0.385. The molecule has 0 aliphatic heterocycles. The molecule has 3 aromatic rings. The second-order valence-corrected chi connectivity index (χ2v) is 6.43. The van der Waals surface area contributed by atoms with Crippen molar-refractivity contribution in [3.8, 4) is 0 Å². The number of carbonyl (C=O) groups is 1. The fourth-order valence-corrected chi connectivity index (χ4v) is 2.68. The average molecular weight is 348 g/mol. The second kappa shape index (κ2) is 6.95. The van der Waals surface area contributed by atoms with Gasteiger partial charge in [-0.3, -0.25) is 9.48 Å². The van der Waals surface area contributed by atoms with E-state index in [1.807, 2.05) is 37.3 Å². The minimum Gasteiger partial charge on any atom is -0.340 e. The average Bonchev–Trinajstić information content (AvgIpc) is 3.36. The summed E-state index contributed by atoms with van der Waals surface area (Å²) < 4.78 is 1.62. The zero-order valence-corrected chi connectivity index (χ0v) is 14.5. The summed E-state index contributed by atoms with van der Waals surface area (Å²) >= 11 is 0. The van der Waals surface area contributed by atoms with Crippen LogP contribution in [0.1, 0.15) is 37.5 Å². The van der Waals surface area contributed by atoms with Crippen LogP contribution in [0.25, 0.3) is 0 Å². The second-order valence-electron chi connectivity index (χ2n) is 6.43. The molecule has 1 amide bonds. The molecule has 1 aliphatic rings. The lowest BCUT2D eigenvalue weighted by Crippen LogP contribution is -2.23. The van der Waals surface area contributed by atoms with Crippen molar-refractivity contribution >= 4 is 23.1 Å². The van der Waals surface area contributed by atoms with Gasteiger partial charge >= 0.3 is 0 Å². The number of aromatic nitrogens is 4. The summed E-state index contributed by atoms with van der Waals surface area (Å²) in [4.78, 5) is 21.3. The maximum absolute atomic E-state index is 12.4. The van der Waals surface area contributed by atoms with Gasteiger partial charge in [0, 0.05) is 35.9 Å². The molecule has 2 N–H and O–H groups in total. The number of amides is 1. The Morgan fingerprint density at radius 1 is 1.19 bits per heavy atom. The maximum Gasteiger partial charge on any atom is 0.248 e. The normalized spacial score (nSPS) is 14.7. The standard InChI is InChI=1S/C19H20N6O/c1-13(25-11-3-9-21-25)19(26)23-16-5-2-4-15(12-16)22-17-8-10-20-18(24-17)14-6-7-14/h2-5,8-14H,6-7H2,1H3,(H,23,26)(H,20,22,24). The van der Waals surface area contributed by atoms with Crippen LogP contribution in [-0.2, 0) is 4.79 Å². The molecule has 26 heavy (non-hydrogen) atoms. The molecular formula is C19H20N6O. The predicted molar refractivity (Wildman–Crippen MR) is 99.3 cm³/mol. The molecule has 1 unspecified atom stereocenters. The van der Waals surface area contributed by atoms with Crippen molar-refractivity contribution in [2.24, 2.45) is 0 Å². The van der Waals surface area contributed by atoms with Crippen molar-refractivity contribution in [1.29, 1.82) is 0 Å². The Balaban J connectivity index is 1.44. The highest BCUT2D eigenvalue weighted by Gasteiger charge is 2.26. The first-order chi connectivity index (χ1) is 12.7. The van der Waals surface area contributed by atoms with Gasteiger partial charge in [-0.15, -0.1) is 0 Å². The van der Waals surface area contributed by atoms with Crippen molar-refractivity contribution in [3.63, 3.8) is 0 Å². The van der Waals surface area contributed by atoms with Gasteiger partial charge in [-0.05, 0) is 50.1 Å². The molecule has 1 aliphatic carbocycles. The lowest BCUT2D eigenvalue weighted by atomic mass is 10.2. The molecule has 7 nitrogen and oxygen atoms in total. The first kappa shape index (κ1) is 16.3. The Hall–Kier alpha value is -3.22. The summed E-state index contributed by atoms with van der Waals surface area (Å²) in [7, 11) is 0. The molecule has 0 spiro atoms. The molecule has 7 heteroatoms. The molecule has 1 saturated carbocycles. The Morgan fingerprint density at radius 3 is 2.81 bits per heavy atom. The number of benzene rings is 1. The van der Waals surface area contributed by atoms with Gasteiger partial charge < -0.3 is 10.6 Å². The molecule has 1 fully saturated rings. The van der Waals surface area contributed by atoms with Crippen LogP contribution in [0.15, 0.2) is 55.0 Å². The van der Waals surface area contributed by atoms with Gasteiger partial charge in [0.25, 0.3) is 0 Å². The summed E-state index contributed by atoms with van der Waals surface area (Å²) in [5, 5.41) is 10.3. The van der Waals surface area contributed by atoms with Gasteiger partial charge in [0.2, 0.25) is 5.91 Å². The van der Waals surface area contributed by atoms with Gasteiger partial charge in [-0.1, -0.05) is 6.07 Å². The van der Waals surface area contributed by atoms with E-state index in [9.17, 15) is 4.79 Å². The van der Waals surface area contributed by atoms with Crippen LogP contribution >= 0.6 is 0 Å². The molecule has 2 heterocycles. The van der Waals surface area contributed by atoms with Crippen LogP contribution in [0.5, 0.6) is 0 Å². The number of rotatable bonds is 6. The summed E-state index contributed by atoms with van der Waals surface area (Å²) in [6.07, 6.45) is 7.54. The van der Waals surface area contributed by atoms with Gasteiger partial charge in [0.15, 0.2) is 0 Å². The molecule has 132 valence electrons. The van der Waals surface area contributed by atoms with E-state index in [4.69, 9.17) is 0 Å². The van der Waals surface area contributed by atoms with E-state index in [0.29, 0.717) is 5.92 Å². The van der Waals surface area contributed by atoms with Crippen LogP contribution in [0.2, 0.25) is 0 Å². The third-order valence-corrected chi connectivity index (χ3v) is 4.32. The van der Waals surface area contributed by atoms with E-state index in [2.05, 4.69) is 25.7 Å². The summed E-state index contributed by atoms with van der Waals surface area (Å²) in [6, 6.07) is 10.8. The monoisotopic (exact) mass is 348 g/mol. The molecule has 0 radical (unpaired) electrons. The first-order valence-corrected chi connectivity index (χ1v) is 8.69. The highest BCUT2D eigenvalue weighted by atomic mass is 16.2.